The molecule has 0 saturated carbocycles. The third-order valence-corrected chi connectivity index (χ3v) is 12.1. The second-order valence-electron chi connectivity index (χ2n) is 17.7. The summed E-state index contributed by atoms with van der Waals surface area (Å²) in [6, 6.07) is 48.7. The number of aromatic nitrogens is 5. The van der Waals surface area contributed by atoms with Crippen molar-refractivity contribution >= 4 is 39.2 Å². The summed E-state index contributed by atoms with van der Waals surface area (Å²) in [5, 5.41) is 1.78. The van der Waals surface area contributed by atoms with Crippen LogP contribution in [0.2, 0.25) is 0 Å². The normalized spacial score (nSPS) is 14.1. The van der Waals surface area contributed by atoms with Gasteiger partial charge in [-0.3, -0.25) is 0 Å². The van der Waals surface area contributed by atoms with Crippen LogP contribution in [-0.2, 0) is 26.5 Å². The average Bonchev–Trinajstić information content (AvgIpc) is 3.02. The van der Waals surface area contributed by atoms with Gasteiger partial charge in [0.25, 0.3) is 12.4 Å². The molecule has 0 N–H and O–H groups in total. The number of pyridine rings is 1. The van der Waals surface area contributed by atoms with Gasteiger partial charge >= 0.3 is 27.1 Å². The molecule has 0 bridgehead atoms. The second-order valence-corrected chi connectivity index (χ2v) is 17.7. The number of hydrogen-bond acceptors (Lipinski definition) is 5. The van der Waals surface area contributed by atoms with Crippen LogP contribution in [-0.4, -0.2) is 39.7 Å². The zero-order chi connectivity index (χ0) is 56.6. The summed E-state index contributed by atoms with van der Waals surface area (Å²) in [6.07, 6.45) is 5.04. The first-order valence-corrected chi connectivity index (χ1v) is 22.8. The van der Waals surface area contributed by atoms with E-state index in [9.17, 15) is 0 Å². The molecular weight excluding hydrogens is 1070 g/mol. The van der Waals surface area contributed by atoms with Crippen molar-refractivity contribution in [1.82, 2.24) is 24.5 Å². The Bertz CT molecular complexity index is 4320. The summed E-state index contributed by atoms with van der Waals surface area (Å²) < 4.78 is 99.5. The van der Waals surface area contributed by atoms with E-state index < -0.39 is 65.8 Å². The minimum absolute atomic E-state index is 0. The van der Waals surface area contributed by atoms with E-state index in [0.717, 1.165) is 33.0 Å². The number of benzene rings is 8. The van der Waals surface area contributed by atoms with Gasteiger partial charge in [0.05, 0.1) is 24.8 Å². The van der Waals surface area contributed by atoms with E-state index in [1.54, 1.807) is 41.4 Å². The molecular formula is C63H45N7OPt+2. The Hall–Kier alpha value is -8.67. The van der Waals surface area contributed by atoms with E-state index in [1.165, 1.54) is 4.58 Å². The molecule has 0 spiro atoms. The third-order valence-electron chi connectivity index (χ3n) is 12.1. The molecule has 0 radical (unpaired) electrons. The smallest absolute Gasteiger partial charge is 0.508 e. The fourth-order valence-corrected chi connectivity index (χ4v) is 8.63. The van der Waals surface area contributed by atoms with Gasteiger partial charge in [0, 0.05) is 34.3 Å². The zero-order valence-electron chi connectivity index (χ0n) is 48.9. The number of fused-ring (bicyclic) bond motifs is 3. The Morgan fingerprint density at radius 1 is 0.569 bits per heavy atom. The van der Waals surface area contributed by atoms with E-state index in [1.807, 2.05) is 120 Å². The van der Waals surface area contributed by atoms with Gasteiger partial charge in [-0.05, 0) is 57.8 Å². The van der Waals surface area contributed by atoms with E-state index in [-0.39, 0.29) is 60.5 Å². The summed E-state index contributed by atoms with van der Waals surface area (Å²) in [5.41, 5.74) is 4.50. The molecule has 3 aromatic heterocycles. The van der Waals surface area contributed by atoms with Crippen molar-refractivity contribution in [2.75, 3.05) is 0 Å². The molecule has 4 heterocycles. The van der Waals surface area contributed by atoms with Gasteiger partial charge in [-0.2, -0.15) is 0 Å². The van der Waals surface area contributed by atoms with Crippen LogP contribution in [0.15, 0.2) is 219 Å². The summed E-state index contributed by atoms with van der Waals surface area (Å²) in [7, 11) is 0. The molecule has 0 unspecified atom stereocenters. The number of ether oxygens (including phenoxy) is 1. The predicted octanol–water partition coefficient (Wildman–Crippen LogP) is 15.0. The van der Waals surface area contributed by atoms with E-state index in [2.05, 4.69) is 45.0 Å². The maximum atomic E-state index is 9.03. The van der Waals surface area contributed by atoms with Gasteiger partial charge in [0.2, 0.25) is 5.69 Å². The Morgan fingerprint density at radius 3 is 1.79 bits per heavy atom. The molecule has 72 heavy (non-hydrogen) atoms. The van der Waals surface area contributed by atoms with Crippen molar-refractivity contribution in [1.29, 1.82) is 0 Å². The summed E-state index contributed by atoms with van der Waals surface area (Å²) in [6.45, 7) is 6.19. The first-order valence-electron chi connectivity index (χ1n) is 27.8. The molecule has 346 valence electrons. The van der Waals surface area contributed by atoms with Crippen LogP contribution < -0.4 is 4.74 Å². The Balaban J connectivity index is 0.00000705. The van der Waals surface area contributed by atoms with Crippen LogP contribution in [0.25, 0.3) is 84.0 Å². The van der Waals surface area contributed by atoms with Crippen LogP contribution >= 0.6 is 0 Å². The zero-order valence-corrected chi connectivity index (χ0v) is 41.1. The largest absolute Gasteiger partial charge is 2.00 e. The molecule has 1 aliphatic heterocycles. The van der Waals surface area contributed by atoms with Gasteiger partial charge < -0.3 is 9.30 Å². The number of para-hydroxylation sites is 2. The van der Waals surface area contributed by atoms with Crippen LogP contribution in [0.5, 0.6) is 11.5 Å². The molecule has 0 atom stereocenters. The molecule has 0 fully saturated rings. The Kier molecular flexibility index (Phi) is 9.48. The number of rotatable bonds is 10. The van der Waals surface area contributed by atoms with Crippen LogP contribution in [0.1, 0.15) is 40.0 Å². The number of hydrogen-bond donors (Lipinski definition) is 0. The van der Waals surface area contributed by atoms with E-state index in [0.29, 0.717) is 40.1 Å². The van der Waals surface area contributed by atoms with Crippen molar-refractivity contribution in [3.8, 4) is 73.7 Å². The van der Waals surface area contributed by atoms with Crippen LogP contribution in [0.4, 0.5) is 11.4 Å². The summed E-state index contributed by atoms with van der Waals surface area (Å²) in [5.74, 6) is 2.43. The average molecular weight is 1120 g/mol. The maximum absolute atomic E-state index is 9.03. The summed E-state index contributed by atoms with van der Waals surface area (Å²) in [4.78, 5) is 20.0. The molecule has 0 aliphatic carbocycles. The molecule has 0 saturated heterocycles. The van der Waals surface area contributed by atoms with Crippen molar-refractivity contribution in [2.24, 2.45) is 0 Å². The van der Waals surface area contributed by atoms with Gasteiger partial charge in [-0.1, -0.05) is 199 Å². The fraction of sp³-hybridized carbons (Fsp3) is 0.0635. The minimum atomic E-state index is -0.586. The molecule has 12 rings (SSSR count). The van der Waals surface area contributed by atoms with Crippen LogP contribution in [0, 0.1) is 12.1 Å². The molecule has 0 amide bonds. The molecule has 1 aliphatic rings. The van der Waals surface area contributed by atoms with Gasteiger partial charge in [-0.25, -0.2) is 19.9 Å². The maximum Gasteiger partial charge on any atom is 2.00 e. The van der Waals surface area contributed by atoms with E-state index in [4.69, 9.17) is 38.4 Å². The van der Waals surface area contributed by atoms with Crippen LogP contribution in [0.3, 0.4) is 0 Å². The first-order chi connectivity index (χ1) is 39.0. The monoisotopic (exact) mass is 1120 g/mol. The standard InChI is InChI=1S/C63H45N7O.Pt/c1-63(2,3)47-37-48(68-35-36-69(42-68)59-50(43-21-8-4-9-22-43)30-20-31-51(59)44-23-10-5-11-24-44)39-49(38-47)71-57-41-56-53(52-29-16-17-32-55(52)70(56)58-33-18-19-34-64-58)40-54(57)62-66-60(45-25-12-6-13-26-45)65-61(67-62)46-27-14-7-15-28-46;/h4-38,40H,1-3H3;/q;+2/i4D,5D,8D,9D,10D,11D,21D,22D,23D,24D;. The second kappa shape index (κ2) is 19.3. The molecule has 8 aromatic carbocycles. The van der Waals surface area contributed by atoms with E-state index >= 15 is 0 Å². The summed E-state index contributed by atoms with van der Waals surface area (Å²) >= 11 is 0. The van der Waals surface area contributed by atoms with Crippen molar-refractivity contribution in [3.05, 3.63) is 236 Å². The first kappa shape index (κ1) is 35.4. The minimum Gasteiger partial charge on any atom is -0.508 e. The Morgan fingerprint density at radius 2 is 1.17 bits per heavy atom. The van der Waals surface area contributed by atoms with Crippen molar-refractivity contribution in [3.63, 3.8) is 0 Å². The topological polar surface area (TPSA) is 71.7 Å². The van der Waals surface area contributed by atoms with Gasteiger partial charge in [-0.15, -0.1) is 29.1 Å². The molecule has 8 nitrogen and oxygen atoms in total. The Labute approximate surface area is 446 Å². The van der Waals surface area contributed by atoms with Crippen molar-refractivity contribution < 1.29 is 48.7 Å². The third kappa shape index (κ3) is 8.79. The fourth-order valence-electron chi connectivity index (χ4n) is 8.63. The SMILES string of the molecule is [2H]c1c([2H])c([2H])c(-c2cccc(-c3c([2H])c([2H])c([2H])c([2H])c3[2H])c2[N+]2=C=[N+](c3[c-]c(Oc4[c-]c5c(cc4-c4nc(-c6ccccc6)nc(-c6ccccc6)n4)c4ccccc4n5-c4ccccn4)cc(C(C)(C)C)c3)C=C2)c([2H])c1[2H].[Pt+2]. The number of nitrogens with zero attached hydrogens (tertiary/aromatic N) is 7. The van der Waals surface area contributed by atoms with Crippen molar-refractivity contribution in [2.45, 2.75) is 26.2 Å². The van der Waals surface area contributed by atoms with Gasteiger partial charge in [0.15, 0.2) is 11.6 Å². The molecule has 11 aromatic rings. The molecule has 9 heteroatoms. The predicted molar refractivity (Wildman–Crippen MR) is 282 cm³/mol. The van der Waals surface area contributed by atoms with Gasteiger partial charge in [0.1, 0.15) is 17.3 Å². The quantitative estimate of drug-likeness (QED) is 0.101.